The summed E-state index contributed by atoms with van der Waals surface area (Å²) >= 11 is 0. The van der Waals surface area contributed by atoms with Crippen molar-refractivity contribution in [2.45, 2.75) is 12.4 Å². The molecule has 4 heterocycles. The van der Waals surface area contributed by atoms with Crippen LogP contribution in [0.2, 0.25) is 0 Å². The molecule has 0 atom stereocenters. The Morgan fingerprint density at radius 1 is 0.289 bits per heavy atom. The first kappa shape index (κ1) is 54.7. The van der Waals surface area contributed by atoms with Gasteiger partial charge in [-0.25, -0.2) is 29.9 Å². The number of benzene rings is 11. The molecule has 430 valence electrons. The molecular weight excluding hydrogens is 1140 g/mol. The van der Waals surface area contributed by atoms with Crippen LogP contribution in [0.5, 0.6) is 0 Å². The molecule has 15 rings (SSSR count). The van der Waals surface area contributed by atoms with Crippen LogP contribution in [0.4, 0.5) is 26.3 Å². The molecule has 0 aliphatic rings. The van der Waals surface area contributed by atoms with Crippen molar-refractivity contribution in [1.82, 2.24) is 39.0 Å². The van der Waals surface area contributed by atoms with Gasteiger partial charge in [-0.15, -0.1) is 0 Å². The van der Waals surface area contributed by atoms with E-state index in [1.165, 1.54) is 6.07 Å². The number of nitrogens with zero attached hydrogens (tertiary/aromatic N) is 9. The standard InChI is InChI=1S/C75H43F6N9/c76-74(77,78)53-33-35-54(61(43-53)75(79,80)81)50-30-36-64(89-62-27-15-13-25-55(62)59-41-51(31-37-65(59)89)72-85-68(46-17-5-1-6-18-46)83-69(86-72)47-19-7-2-8-20-47)58(40-50)57-34-29-45(44-82)39-67(57)90-63-28-16-14-26-56(63)60-42-52(32-38-66(60)90)73-87-70(48-21-9-3-10-22-48)84-71(88-73)49-23-11-4-12-24-49/h1-43H. The average molecular weight is 1180 g/mol. The summed E-state index contributed by atoms with van der Waals surface area (Å²) in [6.45, 7) is 0. The highest BCUT2D eigenvalue weighted by Crippen LogP contribution is 2.47. The van der Waals surface area contributed by atoms with E-state index in [0.29, 0.717) is 85.7 Å². The van der Waals surface area contributed by atoms with Gasteiger partial charge in [-0.05, 0) is 96.1 Å². The molecule has 0 saturated heterocycles. The van der Waals surface area contributed by atoms with Gasteiger partial charge >= 0.3 is 12.4 Å². The van der Waals surface area contributed by atoms with Gasteiger partial charge in [0.2, 0.25) is 0 Å². The summed E-state index contributed by atoms with van der Waals surface area (Å²) in [5.41, 5.74) is 6.33. The van der Waals surface area contributed by atoms with E-state index in [-0.39, 0.29) is 17.2 Å². The zero-order valence-corrected chi connectivity index (χ0v) is 47.1. The summed E-state index contributed by atoms with van der Waals surface area (Å²) in [5.74, 6) is 2.78. The molecular formula is C75H43F6N9. The van der Waals surface area contributed by atoms with Crippen molar-refractivity contribution in [1.29, 1.82) is 5.26 Å². The van der Waals surface area contributed by atoms with Crippen molar-refractivity contribution < 1.29 is 26.3 Å². The third-order valence-electron chi connectivity index (χ3n) is 16.1. The summed E-state index contributed by atoms with van der Waals surface area (Å²) in [5, 5.41) is 14.0. The quantitative estimate of drug-likeness (QED) is 0.125. The molecule has 9 nitrogen and oxygen atoms in total. The molecule has 0 amide bonds. The van der Waals surface area contributed by atoms with Gasteiger partial charge in [0.1, 0.15) is 0 Å². The topological polar surface area (TPSA) is 111 Å². The first-order valence-electron chi connectivity index (χ1n) is 28.6. The van der Waals surface area contributed by atoms with Crippen LogP contribution < -0.4 is 0 Å². The molecule has 0 aliphatic carbocycles. The maximum Gasteiger partial charge on any atom is 0.417 e. The predicted octanol–water partition coefficient (Wildman–Crippen LogP) is 19.5. The number of rotatable bonds is 10. The second-order valence-electron chi connectivity index (χ2n) is 21.6. The largest absolute Gasteiger partial charge is 0.417 e. The molecule has 4 aromatic heterocycles. The Bertz CT molecular complexity index is 5230. The molecule has 11 aromatic carbocycles. The number of alkyl halides is 6. The van der Waals surface area contributed by atoms with Crippen LogP contribution in [0.15, 0.2) is 261 Å². The number of hydrogen-bond donors (Lipinski definition) is 0. The minimum absolute atomic E-state index is 0.000369. The molecule has 0 fully saturated rings. The van der Waals surface area contributed by atoms with Crippen LogP contribution >= 0.6 is 0 Å². The Kier molecular flexibility index (Phi) is 13.3. The summed E-state index contributed by atoms with van der Waals surface area (Å²) in [4.78, 5) is 29.9. The van der Waals surface area contributed by atoms with Crippen LogP contribution in [0.1, 0.15) is 16.7 Å². The monoisotopic (exact) mass is 1180 g/mol. The van der Waals surface area contributed by atoms with Crippen LogP contribution in [-0.2, 0) is 12.4 Å². The Hall–Kier alpha value is -11.9. The molecule has 0 radical (unpaired) electrons. The Labute approximate surface area is 509 Å². The number of hydrogen-bond acceptors (Lipinski definition) is 7. The second kappa shape index (κ2) is 21.8. The number of fused-ring (bicyclic) bond motifs is 6. The van der Waals surface area contributed by atoms with Gasteiger partial charge in [0.05, 0.1) is 56.2 Å². The highest BCUT2D eigenvalue weighted by atomic mass is 19.4. The fourth-order valence-electron chi connectivity index (χ4n) is 12.0. The Balaban J connectivity index is 0.966. The molecule has 0 spiro atoms. The van der Waals surface area contributed by atoms with Crippen molar-refractivity contribution in [3.63, 3.8) is 0 Å². The zero-order valence-electron chi connectivity index (χ0n) is 47.1. The molecule has 90 heavy (non-hydrogen) atoms. The fourth-order valence-corrected chi connectivity index (χ4v) is 12.0. The number of para-hydroxylation sites is 2. The Morgan fingerprint density at radius 3 is 1.11 bits per heavy atom. The number of halogens is 6. The third kappa shape index (κ3) is 9.82. The van der Waals surface area contributed by atoms with Gasteiger partial charge in [0.15, 0.2) is 34.9 Å². The lowest BCUT2D eigenvalue weighted by atomic mass is 9.92. The van der Waals surface area contributed by atoms with E-state index in [0.717, 1.165) is 60.9 Å². The lowest BCUT2D eigenvalue weighted by Crippen LogP contribution is -2.12. The van der Waals surface area contributed by atoms with Gasteiger partial charge in [-0.3, -0.25) is 0 Å². The molecule has 0 N–H and O–H groups in total. The maximum absolute atomic E-state index is 15.3. The summed E-state index contributed by atoms with van der Waals surface area (Å²) < 4.78 is 92.7. The molecule has 0 saturated carbocycles. The summed E-state index contributed by atoms with van der Waals surface area (Å²) in [6, 6.07) is 79.9. The first-order chi connectivity index (χ1) is 43.8. The molecule has 15 aromatic rings. The highest BCUT2D eigenvalue weighted by Gasteiger charge is 2.39. The van der Waals surface area contributed by atoms with Gasteiger partial charge in [0.25, 0.3) is 0 Å². The summed E-state index contributed by atoms with van der Waals surface area (Å²) in [6.07, 6.45) is -10.2. The maximum atomic E-state index is 15.3. The van der Waals surface area contributed by atoms with Gasteiger partial charge in [-0.2, -0.15) is 31.6 Å². The van der Waals surface area contributed by atoms with Crippen molar-refractivity contribution in [2.24, 2.45) is 0 Å². The van der Waals surface area contributed by atoms with E-state index in [1.807, 2.05) is 215 Å². The minimum Gasteiger partial charge on any atom is -0.309 e. The lowest BCUT2D eigenvalue weighted by Gasteiger charge is -2.21. The molecule has 0 unspecified atom stereocenters. The molecule has 0 bridgehead atoms. The fraction of sp³-hybridized carbons (Fsp3) is 0.0267. The highest BCUT2D eigenvalue weighted by molar-refractivity contribution is 6.13. The van der Waals surface area contributed by atoms with Crippen LogP contribution in [-0.4, -0.2) is 39.0 Å². The van der Waals surface area contributed by atoms with E-state index in [9.17, 15) is 18.4 Å². The van der Waals surface area contributed by atoms with Crippen molar-refractivity contribution in [3.8, 4) is 108 Å². The van der Waals surface area contributed by atoms with Crippen LogP contribution in [0.3, 0.4) is 0 Å². The number of nitriles is 1. The summed E-state index contributed by atoms with van der Waals surface area (Å²) in [7, 11) is 0. The zero-order chi connectivity index (χ0) is 61.3. The van der Waals surface area contributed by atoms with Crippen molar-refractivity contribution in [2.75, 3.05) is 0 Å². The first-order valence-corrected chi connectivity index (χ1v) is 28.6. The van der Waals surface area contributed by atoms with E-state index >= 15 is 13.2 Å². The van der Waals surface area contributed by atoms with Gasteiger partial charge in [-0.1, -0.05) is 176 Å². The lowest BCUT2D eigenvalue weighted by molar-refractivity contribution is -0.142. The normalized spacial score (nSPS) is 11.9. The molecule has 0 aliphatic heterocycles. The smallest absolute Gasteiger partial charge is 0.309 e. The van der Waals surface area contributed by atoms with Gasteiger partial charge in [0, 0.05) is 66.1 Å². The van der Waals surface area contributed by atoms with Gasteiger partial charge < -0.3 is 9.13 Å². The Morgan fingerprint density at radius 2 is 0.678 bits per heavy atom. The minimum atomic E-state index is -5.18. The van der Waals surface area contributed by atoms with E-state index < -0.39 is 29.0 Å². The van der Waals surface area contributed by atoms with Crippen molar-refractivity contribution >= 4 is 43.6 Å². The van der Waals surface area contributed by atoms with Crippen molar-refractivity contribution in [3.05, 3.63) is 278 Å². The van der Waals surface area contributed by atoms with Crippen LogP contribution in [0, 0.1) is 11.3 Å². The second-order valence-corrected chi connectivity index (χ2v) is 21.6. The third-order valence-corrected chi connectivity index (χ3v) is 16.1. The average Bonchev–Trinajstić information content (AvgIpc) is 1.65. The molecule has 15 heteroatoms. The van der Waals surface area contributed by atoms with E-state index in [1.54, 1.807) is 30.3 Å². The van der Waals surface area contributed by atoms with Crippen LogP contribution in [0.25, 0.3) is 146 Å². The van der Waals surface area contributed by atoms with E-state index in [2.05, 4.69) is 6.07 Å². The SMILES string of the molecule is N#Cc1ccc(-c2cc(-c3ccc(C(F)(F)F)cc3C(F)(F)F)ccc2-n2c3ccccc3c3cc(-c4nc(-c5ccccc5)nc(-c5ccccc5)n4)ccc32)c(-n2c3ccccc3c3cc(-c4nc(-c5ccccc5)nc(-c5ccccc5)n4)ccc32)c1. The predicted molar refractivity (Wildman–Crippen MR) is 340 cm³/mol. The number of aromatic nitrogens is 8. The van der Waals surface area contributed by atoms with E-state index in [4.69, 9.17) is 29.9 Å².